The molecular formula is C28H39F2N3O3. The van der Waals surface area contributed by atoms with Gasteiger partial charge in [0.05, 0.1) is 23.3 Å². The molecule has 2 aliphatic heterocycles. The second-order valence-corrected chi connectivity index (χ2v) is 12.9. The second-order valence-electron chi connectivity index (χ2n) is 12.9. The maximum Gasteiger partial charge on any atom is 0.410 e. The standard InChI is InChI=1S/C28H39F2N3O3/c1-26(2,3)36-25(35)33-12-8-18(9-13-33)24-19(16-31)22(17-6-10-28(29,30)11-7-17)23-20(32-24)14-27(4,5)15-21(23)34/h17-18,22-23H,6-15H2,1-5H3. The number of carbonyl (C=O) groups is 2. The summed E-state index contributed by atoms with van der Waals surface area (Å²) in [7, 11) is 0. The van der Waals surface area contributed by atoms with E-state index in [9.17, 15) is 23.6 Å². The topological polar surface area (TPSA) is 82.8 Å². The van der Waals surface area contributed by atoms with Crippen molar-refractivity contribution in [2.75, 3.05) is 13.1 Å². The highest BCUT2D eigenvalue weighted by molar-refractivity contribution is 6.09. The van der Waals surface area contributed by atoms with Crippen LogP contribution in [0.15, 0.2) is 16.3 Å². The zero-order valence-electron chi connectivity index (χ0n) is 22.2. The molecule has 0 radical (unpaired) electrons. The van der Waals surface area contributed by atoms with Gasteiger partial charge >= 0.3 is 6.09 Å². The first-order valence-corrected chi connectivity index (χ1v) is 13.3. The van der Waals surface area contributed by atoms with Gasteiger partial charge in [0.15, 0.2) is 0 Å². The molecule has 198 valence electrons. The van der Waals surface area contributed by atoms with E-state index in [1.807, 2.05) is 20.8 Å². The highest BCUT2D eigenvalue weighted by Gasteiger charge is 2.51. The summed E-state index contributed by atoms with van der Waals surface area (Å²) in [6, 6.07) is 2.39. The Kier molecular flexibility index (Phi) is 7.09. The number of nitrogens with zero attached hydrogens (tertiary/aromatic N) is 3. The fraction of sp³-hybridized carbons (Fsp3) is 0.786. The zero-order valence-corrected chi connectivity index (χ0v) is 22.2. The first kappa shape index (κ1) is 26.8. The molecule has 1 amide bonds. The van der Waals surface area contributed by atoms with Crippen molar-refractivity contribution in [3.05, 3.63) is 11.3 Å². The normalized spacial score (nSPS) is 29.3. The lowest BCUT2D eigenvalue weighted by Crippen LogP contribution is -2.48. The van der Waals surface area contributed by atoms with Gasteiger partial charge in [0, 0.05) is 49.9 Å². The molecule has 0 N–H and O–H groups in total. The summed E-state index contributed by atoms with van der Waals surface area (Å²) in [6.07, 6.45) is 2.26. The molecule has 3 fully saturated rings. The molecule has 0 spiro atoms. The highest BCUT2D eigenvalue weighted by atomic mass is 19.3. The predicted octanol–water partition coefficient (Wildman–Crippen LogP) is 6.31. The molecule has 1 saturated heterocycles. The van der Waals surface area contributed by atoms with Crippen LogP contribution in [0.4, 0.5) is 13.6 Å². The number of alkyl halides is 2. The van der Waals surface area contributed by atoms with Gasteiger partial charge in [-0.05, 0) is 64.2 Å². The molecule has 0 aromatic carbocycles. The van der Waals surface area contributed by atoms with E-state index in [0.29, 0.717) is 57.2 Å². The Morgan fingerprint density at radius 3 is 2.28 bits per heavy atom. The molecular weight excluding hydrogens is 464 g/mol. The van der Waals surface area contributed by atoms with Crippen molar-refractivity contribution in [3.63, 3.8) is 0 Å². The number of ketones is 1. The summed E-state index contributed by atoms with van der Waals surface area (Å²) in [5.41, 5.74) is 1.27. The second kappa shape index (κ2) is 9.54. The smallest absolute Gasteiger partial charge is 0.410 e. The van der Waals surface area contributed by atoms with Crippen LogP contribution in [-0.2, 0) is 9.53 Å². The van der Waals surface area contributed by atoms with E-state index in [1.165, 1.54) is 0 Å². The van der Waals surface area contributed by atoms with E-state index in [-0.39, 0.29) is 47.9 Å². The minimum absolute atomic E-state index is 0.0144. The van der Waals surface area contributed by atoms with Gasteiger partial charge in [-0.1, -0.05) is 13.8 Å². The summed E-state index contributed by atoms with van der Waals surface area (Å²) in [5, 5.41) is 10.3. The molecule has 6 nitrogen and oxygen atoms in total. The van der Waals surface area contributed by atoms with E-state index < -0.39 is 17.4 Å². The summed E-state index contributed by atoms with van der Waals surface area (Å²) in [5.74, 6) is -3.58. The Labute approximate surface area is 213 Å². The largest absolute Gasteiger partial charge is 0.444 e. The van der Waals surface area contributed by atoms with Crippen LogP contribution in [0.25, 0.3) is 0 Å². The van der Waals surface area contributed by atoms with Crippen molar-refractivity contribution in [2.45, 2.75) is 97.5 Å². The van der Waals surface area contributed by atoms with Crippen molar-refractivity contribution in [2.24, 2.45) is 34.1 Å². The molecule has 2 aliphatic carbocycles. The summed E-state index contributed by atoms with van der Waals surface area (Å²) in [6.45, 7) is 10.6. The number of hydrogen-bond acceptors (Lipinski definition) is 5. The van der Waals surface area contributed by atoms with Crippen LogP contribution in [0.2, 0.25) is 0 Å². The summed E-state index contributed by atoms with van der Waals surface area (Å²) in [4.78, 5) is 32.6. The molecule has 2 atom stereocenters. The minimum Gasteiger partial charge on any atom is -0.444 e. The fourth-order valence-electron chi connectivity index (χ4n) is 6.53. The maximum atomic E-state index is 14.0. The molecule has 4 rings (SSSR count). The Bertz CT molecular complexity index is 1000. The number of halogens is 2. The first-order chi connectivity index (χ1) is 16.7. The molecule has 0 aromatic rings. The minimum atomic E-state index is -2.67. The van der Waals surface area contributed by atoms with Crippen molar-refractivity contribution in [1.82, 2.24) is 4.90 Å². The molecule has 0 aromatic heterocycles. The third-order valence-corrected chi connectivity index (χ3v) is 8.17. The number of nitriles is 1. The van der Waals surface area contributed by atoms with Gasteiger partial charge in [-0.2, -0.15) is 5.26 Å². The molecule has 4 aliphatic rings. The average molecular weight is 504 g/mol. The van der Waals surface area contributed by atoms with Crippen LogP contribution >= 0.6 is 0 Å². The Morgan fingerprint density at radius 2 is 1.72 bits per heavy atom. The van der Waals surface area contributed by atoms with Gasteiger partial charge < -0.3 is 9.64 Å². The van der Waals surface area contributed by atoms with Crippen LogP contribution in [0.1, 0.15) is 86.0 Å². The number of piperidine rings is 1. The van der Waals surface area contributed by atoms with Gasteiger partial charge in [-0.15, -0.1) is 0 Å². The number of aliphatic imine (C=N–C) groups is 1. The van der Waals surface area contributed by atoms with Crippen molar-refractivity contribution in [1.29, 1.82) is 5.26 Å². The van der Waals surface area contributed by atoms with Crippen molar-refractivity contribution < 1.29 is 23.1 Å². The lowest BCUT2D eigenvalue weighted by molar-refractivity contribution is -0.126. The van der Waals surface area contributed by atoms with Gasteiger partial charge in [0.25, 0.3) is 0 Å². The summed E-state index contributed by atoms with van der Waals surface area (Å²) >= 11 is 0. The number of amides is 1. The highest BCUT2D eigenvalue weighted by Crippen LogP contribution is 2.51. The van der Waals surface area contributed by atoms with Crippen molar-refractivity contribution in [3.8, 4) is 6.07 Å². The van der Waals surface area contributed by atoms with Crippen molar-refractivity contribution >= 4 is 17.6 Å². The molecule has 2 heterocycles. The van der Waals surface area contributed by atoms with E-state index in [2.05, 4.69) is 19.9 Å². The lowest BCUT2D eigenvalue weighted by Gasteiger charge is -2.45. The number of ether oxygens (including phenoxy) is 1. The van der Waals surface area contributed by atoms with Crippen LogP contribution in [0.5, 0.6) is 0 Å². The number of likely N-dealkylation sites (tertiary alicyclic amines) is 1. The first-order valence-electron chi connectivity index (χ1n) is 13.3. The Morgan fingerprint density at radius 1 is 1.11 bits per heavy atom. The summed E-state index contributed by atoms with van der Waals surface area (Å²) < 4.78 is 33.5. The Balaban J connectivity index is 1.63. The molecule has 2 saturated carbocycles. The van der Waals surface area contributed by atoms with Gasteiger partial charge in [-0.25, -0.2) is 13.6 Å². The van der Waals surface area contributed by atoms with Crippen LogP contribution in [0.3, 0.4) is 0 Å². The SMILES string of the molecule is CC1(C)CC(=O)C2C(=NC(C3CCN(C(=O)OC(C)(C)C)CC3)=C(C#N)C2C2CCC(F)(F)CC2)C1. The van der Waals surface area contributed by atoms with Crippen LogP contribution < -0.4 is 0 Å². The number of allylic oxidation sites excluding steroid dienone is 2. The average Bonchev–Trinajstić information content (AvgIpc) is 2.76. The van der Waals surface area contributed by atoms with Gasteiger partial charge in [0.2, 0.25) is 5.92 Å². The monoisotopic (exact) mass is 503 g/mol. The van der Waals surface area contributed by atoms with E-state index >= 15 is 0 Å². The van der Waals surface area contributed by atoms with Gasteiger partial charge in [-0.3, -0.25) is 9.79 Å². The molecule has 8 heteroatoms. The maximum absolute atomic E-state index is 14.0. The van der Waals surface area contributed by atoms with E-state index in [1.54, 1.807) is 4.90 Å². The fourth-order valence-corrected chi connectivity index (χ4v) is 6.53. The van der Waals surface area contributed by atoms with E-state index in [4.69, 9.17) is 9.73 Å². The molecule has 36 heavy (non-hydrogen) atoms. The van der Waals surface area contributed by atoms with Crippen LogP contribution in [-0.4, -0.2) is 47.1 Å². The lowest BCUT2D eigenvalue weighted by atomic mass is 9.59. The van der Waals surface area contributed by atoms with Gasteiger partial charge in [0.1, 0.15) is 11.4 Å². The Hall–Kier alpha value is -2.30. The molecule has 2 unspecified atom stereocenters. The number of hydrogen-bond donors (Lipinski definition) is 0. The number of Topliss-reactive ketones (excluding diaryl/α,β-unsaturated/α-hetero) is 1. The van der Waals surface area contributed by atoms with E-state index in [0.717, 1.165) is 11.4 Å². The third-order valence-electron chi connectivity index (χ3n) is 8.17. The quantitative estimate of drug-likeness (QED) is 0.442. The number of fused-ring (bicyclic) bond motifs is 1. The number of rotatable bonds is 2. The third kappa shape index (κ3) is 5.65. The predicted molar refractivity (Wildman–Crippen MR) is 133 cm³/mol. The zero-order chi connectivity index (χ0) is 26.5. The van der Waals surface area contributed by atoms with Crippen LogP contribution in [0, 0.1) is 40.4 Å². The molecule has 0 bridgehead atoms. The number of carbonyl (C=O) groups excluding carboxylic acids is 2.